The van der Waals surface area contributed by atoms with E-state index in [9.17, 15) is 13.2 Å². The molecule has 1 amide bonds. The van der Waals surface area contributed by atoms with Gasteiger partial charge in [-0.1, -0.05) is 24.4 Å². The Balaban J connectivity index is 1.49. The monoisotopic (exact) mass is 477 g/mol. The first-order valence-corrected chi connectivity index (χ1v) is 12.8. The molecule has 4 rings (SSSR count). The number of nitrogens with one attached hydrogen (secondary N) is 1. The van der Waals surface area contributed by atoms with E-state index in [4.69, 9.17) is 16.3 Å². The molecule has 32 heavy (non-hydrogen) atoms. The normalized spacial score (nSPS) is 18.2. The number of hydrogen-bond donors (Lipinski definition) is 1. The number of ether oxygens (including phenoxy) is 1. The fourth-order valence-corrected chi connectivity index (χ4v) is 5.70. The number of morpholine rings is 1. The van der Waals surface area contributed by atoms with Crippen LogP contribution in [0.1, 0.15) is 36.0 Å². The molecule has 1 N–H and O–H groups in total. The summed E-state index contributed by atoms with van der Waals surface area (Å²) in [5, 5.41) is 3.03. The van der Waals surface area contributed by atoms with Gasteiger partial charge in [0.15, 0.2) is 0 Å². The van der Waals surface area contributed by atoms with Gasteiger partial charge in [0.2, 0.25) is 10.0 Å². The Morgan fingerprint density at radius 3 is 2.22 bits per heavy atom. The van der Waals surface area contributed by atoms with Crippen LogP contribution in [0.2, 0.25) is 5.02 Å². The predicted octanol–water partition coefficient (Wildman–Crippen LogP) is 3.99. The number of rotatable bonds is 5. The fourth-order valence-electron chi connectivity index (χ4n) is 4.06. The highest BCUT2D eigenvalue weighted by Gasteiger charge is 2.27. The number of carbonyl (C=O) groups excluding carboxylic acids is 1. The van der Waals surface area contributed by atoms with Crippen molar-refractivity contribution in [1.29, 1.82) is 0 Å². The second-order valence-corrected chi connectivity index (χ2v) is 10.4. The number of carbonyl (C=O) groups is 1. The Labute approximate surface area is 194 Å². The highest BCUT2D eigenvalue weighted by Crippen LogP contribution is 2.26. The quantitative estimate of drug-likeness (QED) is 0.704. The van der Waals surface area contributed by atoms with Gasteiger partial charge in [-0.2, -0.15) is 4.31 Å². The molecular weight excluding hydrogens is 450 g/mol. The van der Waals surface area contributed by atoms with Crippen LogP contribution >= 0.6 is 11.6 Å². The largest absolute Gasteiger partial charge is 0.379 e. The molecule has 2 aromatic rings. The van der Waals surface area contributed by atoms with Crippen molar-refractivity contribution in [2.24, 2.45) is 0 Å². The molecule has 7 nitrogen and oxygen atoms in total. The molecule has 9 heteroatoms. The van der Waals surface area contributed by atoms with Crippen molar-refractivity contribution < 1.29 is 17.9 Å². The molecular formula is C23H28ClN3O4S. The molecule has 0 unspecified atom stereocenters. The minimum absolute atomic E-state index is 0.0467. The third-order valence-corrected chi connectivity index (χ3v) is 8.11. The SMILES string of the molecule is O=C(Nc1ccc(N2CCCCCC2)cc1)c1cc(S(=O)(=O)N2CCOCC2)ccc1Cl. The summed E-state index contributed by atoms with van der Waals surface area (Å²) in [6, 6.07) is 11.9. The van der Waals surface area contributed by atoms with Crippen LogP contribution < -0.4 is 10.2 Å². The first-order valence-electron chi connectivity index (χ1n) is 11.0. The molecule has 0 aromatic heterocycles. The van der Waals surface area contributed by atoms with Crippen LogP contribution in [0.5, 0.6) is 0 Å². The Morgan fingerprint density at radius 1 is 0.906 bits per heavy atom. The summed E-state index contributed by atoms with van der Waals surface area (Å²) in [5.41, 5.74) is 1.89. The van der Waals surface area contributed by atoms with Crippen LogP contribution in [0.3, 0.4) is 0 Å². The molecule has 2 aliphatic rings. The molecule has 0 bridgehead atoms. The third-order valence-electron chi connectivity index (χ3n) is 5.89. The van der Waals surface area contributed by atoms with Crippen LogP contribution in [0.4, 0.5) is 11.4 Å². The van der Waals surface area contributed by atoms with Gasteiger partial charge in [0.1, 0.15) is 0 Å². The molecule has 2 aromatic carbocycles. The van der Waals surface area contributed by atoms with Crippen molar-refractivity contribution in [3.8, 4) is 0 Å². The summed E-state index contributed by atoms with van der Waals surface area (Å²) in [5.74, 6) is -0.448. The maximum atomic E-state index is 12.9. The van der Waals surface area contributed by atoms with Gasteiger partial charge >= 0.3 is 0 Å². The standard InChI is InChI=1S/C23H28ClN3O4S/c24-22-10-9-20(32(29,30)27-13-15-31-16-14-27)17-21(22)23(28)25-18-5-7-19(8-6-18)26-11-3-1-2-4-12-26/h5-10,17H,1-4,11-16H2,(H,25,28). The molecule has 2 heterocycles. The van der Waals surface area contributed by atoms with Crippen molar-refractivity contribution in [2.75, 3.05) is 49.6 Å². The summed E-state index contributed by atoms with van der Waals surface area (Å²) < 4.78 is 32.5. The van der Waals surface area contributed by atoms with E-state index >= 15 is 0 Å². The van der Waals surface area contributed by atoms with E-state index < -0.39 is 15.9 Å². The number of anilines is 2. The van der Waals surface area contributed by atoms with Gasteiger partial charge in [0.25, 0.3) is 5.91 Å². The molecule has 0 spiro atoms. The highest BCUT2D eigenvalue weighted by atomic mass is 35.5. The Bertz CT molecular complexity index is 1050. The van der Waals surface area contributed by atoms with Crippen molar-refractivity contribution in [3.05, 3.63) is 53.1 Å². The molecule has 2 saturated heterocycles. The smallest absolute Gasteiger partial charge is 0.257 e. The van der Waals surface area contributed by atoms with E-state index in [1.807, 2.05) is 24.3 Å². The summed E-state index contributed by atoms with van der Waals surface area (Å²) >= 11 is 6.24. The molecule has 0 atom stereocenters. The molecule has 2 fully saturated rings. The minimum Gasteiger partial charge on any atom is -0.379 e. The van der Waals surface area contributed by atoms with Gasteiger partial charge in [-0.15, -0.1) is 0 Å². The predicted molar refractivity (Wildman–Crippen MR) is 126 cm³/mol. The van der Waals surface area contributed by atoms with Gasteiger partial charge in [0, 0.05) is 37.6 Å². The van der Waals surface area contributed by atoms with E-state index in [2.05, 4.69) is 10.2 Å². The average Bonchev–Trinajstić information content (AvgIpc) is 3.10. The molecule has 2 aliphatic heterocycles. The van der Waals surface area contributed by atoms with E-state index in [1.165, 1.54) is 48.2 Å². The van der Waals surface area contributed by atoms with Crippen LogP contribution in [-0.4, -0.2) is 58.0 Å². The lowest BCUT2D eigenvalue weighted by molar-refractivity contribution is 0.0730. The summed E-state index contributed by atoms with van der Waals surface area (Å²) in [6.07, 6.45) is 4.93. The highest BCUT2D eigenvalue weighted by molar-refractivity contribution is 7.89. The second-order valence-electron chi connectivity index (χ2n) is 8.06. The number of amides is 1. The van der Waals surface area contributed by atoms with Crippen molar-refractivity contribution >= 4 is 38.9 Å². The van der Waals surface area contributed by atoms with Gasteiger partial charge in [0.05, 0.1) is 28.7 Å². The van der Waals surface area contributed by atoms with E-state index in [0.29, 0.717) is 18.9 Å². The van der Waals surface area contributed by atoms with Gasteiger partial charge in [-0.25, -0.2) is 8.42 Å². The van der Waals surface area contributed by atoms with Crippen molar-refractivity contribution in [1.82, 2.24) is 4.31 Å². The number of benzene rings is 2. The Morgan fingerprint density at radius 2 is 1.56 bits per heavy atom. The number of hydrogen-bond acceptors (Lipinski definition) is 5. The molecule has 0 radical (unpaired) electrons. The van der Waals surface area contributed by atoms with Crippen molar-refractivity contribution in [3.63, 3.8) is 0 Å². The van der Waals surface area contributed by atoms with Crippen LogP contribution in [0.15, 0.2) is 47.4 Å². The van der Waals surface area contributed by atoms with Crippen LogP contribution in [-0.2, 0) is 14.8 Å². The van der Waals surface area contributed by atoms with Crippen LogP contribution in [0.25, 0.3) is 0 Å². The van der Waals surface area contributed by atoms with Gasteiger partial charge in [-0.3, -0.25) is 4.79 Å². The zero-order valence-electron chi connectivity index (χ0n) is 17.9. The topological polar surface area (TPSA) is 79.0 Å². The zero-order chi connectivity index (χ0) is 22.6. The number of sulfonamides is 1. The fraction of sp³-hybridized carbons (Fsp3) is 0.435. The molecule has 172 valence electrons. The Hall–Kier alpha value is -2.13. The van der Waals surface area contributed by atoms with Crippen LogP contribution in [0, 0.1) is 0 Å². The van der Waals surface area contributed by atoms with E-state index in [0.717, 1.165) is 18.8 Å². The second kappa shape index (κ2) is 10.2. The third kappa shape index (κ3) is 5.26. The summed E-state index contributed by atoms with van der Waals surface area (Å²) in [7, 11) is -3.72. The lowest BCUT2D eigenvalue weighted by atomic mass is 10.2. The minimum atomic E-state index is -3.72. The average molecular weight is 478 g/mol. The lowest BCUT2D eigenvalue weighted by Crippen LogP contribution is -2.40. The maximum Gasteiger partial charge on any atom is 0.257 e. The first-order chi connectivity index (χ1) is 15.4. The zero-order valence-corrected chi connectivity index (χ0v) is 19.5. The molecule has 0 aliphatic carbocycles. The molecule has 0 saturated carbocycles. The summed E-state index contributed by atoms with van der Waals surface area (Å²) in [4.78, 5) is 15.3. The maximum absolute atomic E-state index is 12.9. The first kappa shape index (κ1) is 23.0. The lowest BCUT2D eigenvalue weighted by Gasteiger charge is -2.26. The summed E-state index contributed by atoms with van der Waals surface area (Å²) in [6.45, 7) is 3.38. The Kier molecular flexibility index (Phi) is 7.35. The van der Waals surface area contributed by atoms with E-state index in [1.54, 1.807) is 0 Å². The van der Waals surface area contributed by atoms with Crippen molar-refractivity contribution in [2.45, 2.75) is 30.6 Å². The number of nitrogens with zero attached hydrogens (tertiary/aromatic N) is 2. The van der Waals surface area contributed by atoms with E-state index in [-0.39, 0.29) is 28.6 Å². The van der Waals surface area contributed by atoms with Gasteiger partial charge in [-0.05, 0) is 55.3 Å². The van der Waals surface area contributed by atoms with Gasteiger partial charge < -0.3 is 15.0 Å². The number of halogens is 1.